The zero-order valence-corrected chi connectivity index (χ0v) is 11.4. The molecular weight excluding hydrogens is 278 g/mol. The molecule has 2 aromatic heterocycles. The van der Waals surface area contributed by atoms with Crippen LogP contribution in [0.1, 0.15) is 18.5 Å². The van der Waals surface area contributed by atoms with Crippen LogP contribution in [0.3, 0.4) is 0 Å². The number of rotatable bonds is 4. The molecule has 0 aliphatic carbocycles. The molecular formula is C13H13N3O3S. The van der Waals surface area contributed by atoms with Gasteiger partial charge in [-0.15, -0.1) is 11.3 Å². The van der Waals surface area contributed by atoms with Crippen LogP contribution in [0.5, 0.6) is 0 Å². The number of hydrogen-bond donors (Lipinski definition) is 2. The van der Waals surface area contributed by atoms with Gasteiger partial charge in [-0.25, -0.2) is 0 Å². The van der Waals surface area contributed by atoms with E-state index in [1.54, 1.807) is 17.4 Å². The molecule has 0 saturated carbocycles. The Morgan fingerprint density at radius 3 is 3.20 bits per heavy atom. The van der Waals surface area contributed by atoms with Gasteiger partial charge in [0, 0.05) is 12.5 Å². The Labute approximate surface area is 119 Å². The first-order chi connectivity index (χ1) is 9.72. The van der Waals surface area contributed by atoms with Gasteiger partial charge < -0.3 is 15.2 Å². The minimum atomic E-state index is -0.425. The standard InChI is InChI=1S/C13H13N3O3S/c17-12-4-3-9(15-12)13(18)14-7-8-6-10(19-16-8)11-2-1-5-20-11/h1-2,5-6,9H,3-4,7H2,(H,14,18)(H,15,17)/t9-/m1/s1. The molecule has 104 valence electrons. The summed E-state index contributed by atoms with van der Waals surface area (Å²) in [6, 6.07) is 5.26. The summed E-state index contributed by atoms with van der Waals surface area (Å²) < 4.78 is 5.22. The first-order valence-electron chi connectivity index (χ1n) is 6.29. The van der Waals surface area contributed by atoms with Crippen LogP contribution >= 0.6 is 11.3 Å². The van der Waals surface area contributed by atoms with E-state index in [1.165, 1.54) is 0 Å². The molecule has 1 aliphatic heterocycles. The van der Waals surface area contributed by atoms with Crippen molar-refractivity contribution in [2.24, 2.45) is 0 Å². The molecule has 2 aromatic rings. The Morgan fingerprint density at radius 1 is 1.60 bits per heavy atom. The van der Waals surface area contributed by atoms with E-state index < -0.39 is 6.04 Å². The zero-order valence-electron chi connectivity index (χ0n) is 10.6. The summed E-state index contributed by atoms with van der Waals surface area (Å²) >= 11 is 1.57. The second-order valence-corrected chi connectivity index (χ2v) is 5.48. The molecule has 1 aliphatic rings. The number of nitrogens with zero attached hydrogens (tertiary/aromatic N) is 1. The second-order valence-electron chi connectivity index (χ2n) is 4.54. The summed E-state index contributed by atoms with van der Waals surface area (Å²) in [6.07, 6.45) is 0.953. The van der Waals surface area contributed by atoms with E-state index in [0.717, 1.165) is 4.88 Å². The normalized spacial score (nSPS) is 18.0. The summed E-state index contributed by atoms with van der Waals surface area (Å²) in [7, 11) is 0. The third kappa shape index (κ3) is 2.72. The molecule has 6 nitrogen and oxygen atoms in total. The van der Waals surface area contributed by atoms with Crippen molar-refractivity contribution >= 4 is 23.2 Å². The Bertz CT molecular complexity index is 621. The minimum Gasteiger partial charge on any atom is -0.355 e. The molecule has 3 rings (SSSR count). The van der Waals surface area contributed by atoms with E-state index >= 15 is 0 Å². The number of thiophene rings is 1. The highest BCUT2D eigenvalue weighted by Crippen LogP contribution is 2.25. The Kier molecular flexibility index (Phi) is 3.51. The van der Waals surface area contributed by atoms with Crippen molar-refractivity contribution in [1.82, 2.24) is 15.8 Å². The van der Waals surface area contributed by atoms with E-state index in [-0.39, 0.29) is 11.8 Å². The van der Waals surface area contributed by atoms with Crippen molar-refractivity contribution in [3.8, 4) is 10.6 Å². The van der Waals surface area contributed by atoms with Crippen molar-refractivity contribution in [2.75, 3.05) is 0 Å². The SMILES string of the molecule is O=C1CC[C@H](C(=O)NCc2cc(-c3cccs3)on2)N1. The first kappa shape index (κ1) is 12.9. The summed E-state index contributed by atoms with van der Waals surface area (Å²) in [6.45, 7) is 0.292. The van der Waals surface area contributed by atoms with Gasteiger partial charge in [0.1, 0.15) is 11.7 Å². The van der Waals surface area contributed by atoms with Gasteiger partial charge in [-0.1, -0.05) is 11.2 Å². The first-order valence-corrected chi connectivity index (χ1v) is 7.17. The zero-order chi connectivity index (χ0) is 13.9. The van der Waals surface area contributed by atoms with Gasteiger partial charge in [0.25, 0.3) is 0 Å². The summed E-state index contributed by atoms with van der Waals surface area (Å²) in [5.41, 5.74) is 0.658. The molecule has 2 amide bonds. The van der Waals surface area contributed by atoms with Gasteiger partial charge in [-0.05, 0) is 17.9 Å². The molecule has 0 unspecified atom stereocenters. The lowest BCUT2D eigenvalue weighted by Crippen LogP contribution is -2.41. The van der Waals surface area contributed by atoms with Gasteiger partial charge >= 0.3 is 0 Å². The molecule has 1 atom stereocenters. The highest BCUT2D eigenvalue weighted by molar-refractivity contribution is 7.13. The highest BCUT2D eigenvalue weighted by Gasteiger charge is 2.26. The monoisotopic (exact) mass is 291 g/mol. The predicted octanol–water partition coefficient (Wildman–Crippen LogP) is 1.30. The maximum Gasteiger partial charge on any atom is 0.242 e. The van der Waals surface area contributed by atoms with Crippen LogP contribution in [0.15, 0.2) is 28.1 Å². The Hall–Kier alpha value is -2.15. The Morgan fingerprint density at radius 2 is 2.50 bits per heavy atom. The van der Waals surface area contributed by atoms with Gasteiger partial charge in [-0.2, -0.15) is 0 Å². The van der Waals surface area contributed by atoms with Crippen LogP contribution in [-0.2, 0) is 16.1 Å². The van der Waals surface area contributed by atoms with Crippen LogP contribution in [0.4, 0.5) is 0 Å². The molecule has 20 heavy (non-hydrogen) atoms. The molecule has 1 saturated heterocycles. The van der Waals surface area contributed by atoms with Crippen LogP contribution < -0.4 is 10.6 Å². The minimum absolute atomic E-state index is 0.0773. The number of nitrogens with one attached hydrogen (secondary N) is 2. The number of carbonyl (C=O) groups excluding carboxylic acids is 2. The third-order valence-electron chi connectivity index (χ3n) is 3.08. The number of hydrogen-bond acceptors (Lipinski definition) is 5. The van der Waals surface area contributed by atoms with E-state index in [4.69, 9.17) is 4.52 Å². The second kappa shape index (κ2) is 5.46. The molecule has 0 aromatic carbocycles. The molecule has 2 N–H and O–H groups in total. The fourth-order valence-corrected chi connectivity index (χ4v) is 2.71. The molecule has 3 heterocycles. The molecule has 1 fully saturated rings. The summed E-state index contributed by atoms with van der Waals surface area (Å²) in [5, 5.41) is 11.2. The fourth-order valence-electron chi connectivity index (χ4n) is 2.04. The summed E-state index contributed by atoms with van der Waals surface area (Å²) in [4.78, 5) is 23.9. The Balaban J connectivity index is 1.56. The maximum absolute atomic E-state index is 11.8. The average molecular weight is 291 g/mol. The van der Waals surface area contributed by atoms with Crippen LogP contribution in [0, 0.1) is 0 Å². The van der Waals surface area contributed by atoms with E-state index in [1.807, 2.05) is 17.5 Å². The molecule has 7 heteroatoms. The van der Waals surface area contributed by atoms with Gasteiger partial charge in [0.2, 0.25) is 11.8 Å². The topological polar surface area (TPSA) is 84.2 Å². The van der Waals surface area contributed by atoms with Crippen molar-refractivity contribution in [1.29, 1.82) is 0 Å². The maximum atomic E-state index is 11.8. The quantitative estimate of drug-likeness (QED) is 0.889. The lowest BCUT2D eigenvalue weighted by Gasteiger charge is -2.09. The van der Waals surface area contributed by atoms with Crippen LogP contribution in [0.2, 0.25) is 0 Å². The van der Waals surface area contributed by atoms with Gasteiger partial charge in [0.15, 0.2) is 5.76 Å². The predicted molar refractivity (Wildman–Crippen MR) is 72.8 cm³/mol. The summed E-state index contributed by atoms with van der Waals surface area (Å²) in [5.74, 6) is 0.432. The van der Waals surface area contributed by atoms with E-state index in [0.29, 0.717) is 30.8 Å². The van der Waals surface area contributed by atoms with E-state index in [2.05, 4.69) is 15.8 Å². The third-order valence-corrected chi connectivity index (χ3v) is 3.96. The average Bonchev–Trinajstić information content (AvgIpc) is 3.16. The lowest BCUT2D eigenvalue weighted by molar-refractivity contribution is -0.125. The number of carbonyl (C=O) groups is 2. The van der Waals surface area contributed by atoms with Crippen molar-refractivity contribution in [3.05, 3.63) is 29.3 Å². The van der Waals surface area contributed by atoms with Crippen LogP contribution in [-0.4, -0.2) is 23.0 Å². The number of amides is 2. The molecule has 0 bridgehead atoms. The smallest absolute Gasteiger partial charge is 0.242 e. The van der Waals surface area contributed by atoms with Gasteiger partial charge in [0.05, 0.1) is 11.4 Å². The van der Waals surface area contributed by atoms with E-state index in [9.17, 15) is 9.59 Å². The molecule has 0 radical (unpaired) electrons. The van der Waals surface area contributed by atoms with Crippen molar-refractivity contribution < 1.29 is 14.1 Å². The highest BCUT2D eigenvalue weighted by atomic mass is 32.1. The molecule has 0 spiro atoms. The van der Waals surface area contributed by atoms with Gasteiger partial charge in [-0.3, -0.25) is 9.59 Å². The van der Waals surface area contributed by atoms with Crippen molar-refractivity contribution in [2.45, 2.75) is 25.4 Å². The number of aromatic nitrogens is 1. The van der Waals surface area contributed by atoms with Crippen molar-refractivity contribution in [3.63, 3.8) is 0 Å². The largest absolute Gasteiger partial charge is 0.355 e. The van der Waals surface area contributed by atoms with Crippen LogP contribution in [0.25, 0.3) is 10.6 Å². The fraction of sp³-hybridized carbons (Fsp3) is 0.308. The lowest BCUT2D eigenvalue weighted by atomic mass is 10.2.